The van der Waals surface area contributed by atoms with Crippen LogP contribution in [-0.4, -0.2) is 37.1 Å². The van der Waals surface area contributed by atoms with Gasteiger partial charge < -0.3 is 15.2 Å². The molecule has 1 heterocycles. The summed E-state index contributed by atoms with van der Waals surface area (Å²) in [5.41, 5.74) is 5.53. The van der Waals surface area contributed by atoms with E-state index in [1.54, 1.807) is 36.5 Å². The average molecular weight is 401 g/mol. The molecule has 0 atom stereocenters. The molecule has 7 heteroatoms. The molecule has 30 heavy (non-hydrogen) atoms. The fourth-order valence-electron chi connectivity index (χ4n) is 2.62. The van der Waals surface area contributed by atoms with Crippen molar-refractivity contribution in [3.63, 3.8) is 0 Å². The lowest BCUT2D eigenvalue weighted by Gasteiger charge is -2.12. The van der Waals surface area contributed by atoms with Crippen LogP contribution in [0.2, 0.25) is 0 Å². The molecule has 152 valence electrons. The van der Waals surface area contributed by atoms with Gasteiger partial charge in [0, 0.05) is 31.5 Å². The molecule has 0 aliphatic rings. The maximum absolute atomic E-state index is 12.7. The number of aromatic nitrogens is 1. The second kappa shape index (κ2) is 9.88. The monoisotopic (exact) mass is 401 g/mol. The van der Waals surface area contributed by atoms with E-state index in [0.717, 1.165) is 16.9 Å². The van der Waals surface area contributed by atoms with Crippen LogP contribution in [0.3, 0.4) is 0 Å². The third-order valence-electron chi connectivity index (χ3n) is 4.24. The molecule has 1 aromatic heterocycles. The lowest BCUT2D eigenvalue weighted by atomic mass is 10.1. The van der Waals surface area contributed by atoms with Gasteiger partial charge in [0.05, 0.1) is 11.9 Å². The summed E-state index contributed by atoms with van der Waals surface area (Å²) in [6.07, 6.45) is 4.85. The van der Waals surface area contributed by atoms with Crippen molar-refractivity contribution in [3.05, 3.63) is 95.4 Å². The fraction of sp³-hybridized carbons (Fsp3) is 0.0870. The smallest absolute Gasteiger partial charge is 0.287 e. The van der Waals surface area contributed by atoms with E-state index >= 15 is 0 Å². The van der Waals surface area contributed by atoms with Crippen LogP contribution < -0.4 is 15.6 Å². The van der Waals surface area contributed by atoms with Crippen LogP contribution in [0.15, 0.2) is 83.7 Å². The van der Waals surface area contributed by atoms with Crippen molar-refractivity contribution in [2.75, 3.05) is 19.0 Å². The van der Waals surface area contributed by atoms with Gasteiger partial charge in [0.25, 0.3) is 11.8 Å². The van der Waals surface area contributed by atoms with Gasteiger partial charge in [-0.3, -0.25) is 9.59 Å². The molecule has 3 rings (SSSR count). The van der Waals surface area contributed by atoms with Gasteiger partial charge in [-0.05, 0) is 48.0 Å². The SMILES string of the molecule is CN(C)c1ccc(/C=C(/NC(=O)c2ccccc2)C(=O)N/N=C/c2ccc[nH]2)cc1. The normalized spacial score (nSPS) is 11.3. The van der Waals surface area contributed by atoms with Gasteiger partial charge in [0.1, 0.15) is 5.70 Å². The second-order valence-corrected chi connectivity index (χ2v) is 6.69. The van der Waals surface area contributed by atoms with E-state index in [9.17, 15) is 9.59 Å². The standard InChI is InChI=1S/C23H23N5O2/c1-28(2)20-12-10-17(11-13-20)15-21(26-22(29)18-7-4-3-5-8-18)23(30)27-25-16-19-9-6-14-24-19/h3-16,24H,1-2H3,(H,26,29)(H,27,30)/b21-15+,25-16+. The van der Waals surface area contributed by atoms with Gasteiger partial charge in [0.2, 0.25) is 0 Å². The highest BCUT2D eigenvalue weighted by atomic mass is 16.2. The van der Waals surface area contributed by atoms with E-state index < -0.39 is 5.91 Å². The van der Waals surface area contributed by atoms with Crippen LogP contribution in [0, 0.1) is 0 Å². The van der Waals surface area contributed by atoms with E-state index in [1.165, 1.54) is 6.21 Å². The third kappa shape index (κ3) is 5.68. The van der Waals surface area contributed by atoms with Crippen LogP contribution in [0.4, 0.5) is 5.69 Å². The molecular formula is C23H23N5O2. The zero-order valence-electron chi connectivity index (χ0n) is 16.8. The molecule has 0 unspecified atom stereocenters. The van der Waals surface area contributed by atoms with Crippen molar-refractivity contribution in [3.8, 4) is 0 Å². The highest BCUT2D eigenvalue weighted by Crippen LogP contribution is 2.14. The van der Waals surface area contributed by atoms with Crippen LogP contribution in [-0.2, 0) is 4.79 Å². The molecule has 0 saturated heterocycles. The first-order valence-electron chi connectivity index (χ1n) is 9.35. The van der Waals surface area contributed by atoms with E-state index in [2.05, 4.69) is 20.8 Å². The Labute approximate surface area is 175 Å². The molecular weight excluding hydrogens is 378 g/mol. The number of aromatic amines is 1. The Morgan fingerprint density at radius 2 is 1.70 bits per heavy atom. The zero-order valence-corrected chi connectivity index (χ0v) is 16.8. The van der Waals surface area contributed by atoms with Gasteiger partial charge in [0.15, 0.2) is 0 Å². The summed E-state index contributed by atoms with van der Waals surface area (Å²) < 4.78 is 0. The number of hydrogen-bond acceptors (Lipinski definition) is 4. The largest absolute Gasteiger partial charge is 0.378 e. The number of rotatable bonds is 7. The average Bonchev–Trinajstić information content (AvgIpc) is 3.27. The Morgan fingerprint density at radius 1 is 0.967 bits per heavy atom. The molecule has 2 amide bonds. The Kier molecular flexibility index (Phi) is 6.78. The van der Waals surface area contributed by atoms with Crippen molar-refractivity contribution >= 4 is 29.8 Å². The zero-order chi connectivity index (χ0) is 21.3. The molecule has 0 radical (unpaired) electrons. The molecule has 7 nitrogen and oxygen atoms in total. The molecule has 0 spiro atoms. The number of anilines is 1. The highest BCUT2D eigenvalue weighted by Gasteiger charge is 2.14. The minimum Gasteiger partial charge on any atom is -0.378 e. The van der Waals surface area contributed by atoms with E-state index in [4.69, 9.17) is 0 Å². The van der Waals surface area contributed by atoms with Crippen molar-refractivity contribution in [2.24, 2.45) is 5.10 Å². The van der Waals surface area contributed by atoms with Crippen molar-refractivity contribution in [2.45, 2.75) is 0 Å². The van der Waals surface area contributed by atoms with Crippen molar-refractivity contribution < 1.29 is 9.59 Å². The number of hydrazone groups is 1. The molecule has 0 saturated carbocycles. The predicted octanol–water partition coefficient (Wildman–Crippen LogP) is 3.00. The number of amides is 2. The summed E-state index contributed by atoms with van der Waals surface area (Å²) in [7, 11) is 3.90. The quantitative estimate of drug-likeness (QED) is 0.323. The topological polar surface area (TPSA) is 89.6 Å². The summed E-state index contributed by atoms with van der Waals surface area (Å²) in [5, 5.41) is 6.62. The van der Waals surface area contributed by atoms with Gasteiger partial charge >= 0.3 is 0 Å². The van der Waals surface area contributed by atoms with Gasteiger partial charge in [-0.1, -0.05) is 30.3 Å². The summed E-state index contributed by atoms with van der Waals surface area (Å²) in [6.45, 7) is 0. The molecule has 0 fully saturated rings. The molecule has 0 aliphatic carbocycles. The van der Waals surface area contributed by atoms with E-state index in [1.807, 2.05) is 61.5 Å². The van der Waals surface area contributed by atoms with Crippen molar-refractivity contribution in [1.82, 2.24) is 15.7 Å². The maximum Gasteiger partial charge on any atom is 0.287 e. The van der Waals surface area contributed by atoms with Crippen LogP contribution in [0.5, 0.6) is 0 Å². The third-order valence-corrected chi connectivity index (χ3v) is 4.24. The molecule has 3 N–H and O–H groups in total. The van der Waals surface area contributed by atoms with E-state index in [-0.39, 0.29) is 11.6 Å². The number of hydrogen-bond donors (Lipinski definition) is 3. The fourth-order valence-corrected chi connectivity index (χ4v) is 2.62. The molecule has 3 aromatic rings. The van der Waals surface area contributed by atoms with E-state index in [0.29, 0.717) is 5.56 Å². The highest BCUT2D eigenvalue weighted by molar-refractivity contribution is 6.05. The van der Waals surface area contributed by atoms with Gasteiger partial charge in [-0.15, -0.1) is 0 Å². The van der Waals surface area contributed by atoms with Gasteiger partial charge in [-0.2, -0.15) is 5.10 Å². The summed E-state index contributed by atoms with van der Waals surface area (Å²) in [4.78, 5) is 30.2. The number of nitrogens with zero attached hydrogens (tertiary/aromatic N) is 2. The Balaban J connectivity index is 1.81. The van der Waals surface area contributed by atoms with Gasteiger partial charge in [-0.25, -0.2) is 5.43 Å². The Morgan fingerprint density at radius 3 is 2.33 bits per heavy atom. The minimum atomic E-state index is -0.529. The summed E-state index contributed by atoms with van der Waals surface area (Å²) >= 11 is 0. The summed E-state index contributed by atoms with van der Waals surface area (Å²) in [5.74, 6) is -0.908. The minimum absolute atomic E-state index is 0.0880. The lowest BCUT2D eigenvalue weighted by Crippen LogP contribution is -2.32. The lowest BCUT2D eigenvalue weighted by molar-refractivity contribution is -0.117. The molecule has 2 aromatic carbocycles. The Bertz CT molecular complexity index is 1040. The number of benzene rings is 2. The van der Waals surface area contributed by atoms with Crippen LogP contribution in [0.1, 0.15) is 21.6 Å². The molecule has 0 bridgehead atoms. The Hall–Kier alpha value is -4.13. The first-order chi connectivity index (χ1) is 14.5. The maximum atomic E-state index is 12.7. The number of nitrogens with one attached hydrogen (secondary N) is 3. The molecule has 0 aliphatic heterocycles. The number of H-pyrrole nitrogens is 1. The first kappa shape index (κ1) is 20.6. The van der Waals surface area contributed by atoms with Crippen molar-refractivity contribution in [1.29, 1.82) is 0 Å². The number of carbonyl (C=O) groups is 2. The van der Waals surface area contributed by atoms with Crippen LogP contribution in [0.25, 0.3) is 6.08 Å². The summed E-state index contributed by atoms with van der Waals surface area (Å²) in [6, 6.07) is 20.0. The first-order valence-corrected chi connectivity index (χ1v) is 9.35. The van der Waals surface area contributed by atoms with Crippen LogP contribution >= 0.6 is 0 Å². The predicted molar refractivity (Wildman–Crippen MR) is 119 cm³/mol. The second-order valence-electron chi connectivity index (χ2n) is 6.69. The number of carbonyl (C=O) groups excluding carboxylic acids is 2.